The van der Waals surface area contributed by atoms with E-state index in [2.05, 4.69) is 0 Å². The number of ketones is 1. The van der Waals surface area contributed by atoms with Gasteiger partial charge in [-0.15, -0.1) is 0 Å². The Morgan fingerprint density at radius 2 is 1.82 bits per heavy atom. The van der Waals surface area contributed by atoms with Crippen molar-refractivity contribution in [2.45, 2.75) is 31.1 Å². The predicted molar refractivity (Wildman–Crippen MR) is 64.0 cm³/mol. The molecule has 2 aliphatic rings. The molecule has 1 heterocycles. The van der Waals surface area contributed by atoms with Gasteiger partial charge in [-0.05, 0) is 42.5 Å². The van der Waals surface area contributed by atoms with E-state index in [0.29, 0.717) is 5.56 Å². The van der Waals surface area contributed by atoms with Crippen LogP contribution in [0.3, 0.4) is 0 Å². The lowest BCUT2D eigenvalue weighted by molar-refractivity contribution is 0.0933. The first kappa shape index (κ1) is 11.0. The fourth-order valence-corrected chi connectivity index (χ4v) is 4.62. The zero-order chi connectivity index (χ0) is 12.2. The van der Waals surface area contributed by atoms with Crippen LogP contribution in [0.15, 0.2) is 17.0 Å². The van der Waals surface area contributed by atoms with E-state index in [9.17, 15) is 13.2 Å². The Morgan fingerprint density at radius 3 is 2.53 bits per heavy atom. The molecule has 1 aromatic carbocycles. The summed E-state index contributed by atoms with van der Waals surface area (Å²) in [6.45, 7) is 1.69. The maximum Gasteiger partial charge on any atom is 0.179 e. The van der Waals surface area contributed by atoms with Gasteiger partial charge in [-0.1, -0.05) is 6.92 Å². The number of rotatable bonds is 0. The summed E-state index contributed by atoms with van der Waals surface area (Å²) in [5, 5.41) is 0. The second-order valence-corrected chi connectivity index (χ2v) is 7.02. The average molecular weight is 250 g/mol. The summed E-state index contributed by atoms with van der Waals surface area (Å²) in [5.74, 6) is -0.478. The Balaban J connectivity index is 2.30. The zero-order valence-corrected chi connectivity index (χ0v) is 10.5. The third kappa shape index (κ3) is 1.54. The fraction of sp³-hybridized carbons (Fsp3) is 0.462. The third-order valence-corrected chi connectivity index (χ3v) is 5.66. The largest absolute Gasteiger partial charge is 0.294 e. The van der Waals surface area contributed by atoms with E-state index < -0.39 is 15.8 Å². The highest BCUT2D eigenvalue weighted by atomic mass is 32.2. The Morgan fingerprint density at radius 1 is 1.18 bits per heavy atom. The van der Waals surface area contributed by atoms with Gasteiger partial charge in [-0.3, -0.25) is 4.79 Å². The van der Waals surface area contributed by atoms with Crippen LogP contribution in [-0.2, 0) is 22.7 Å². The quantitative estimate of drug-likeness (QED) is 0.705. The molecule has 4 heteroatoms. The van der Waals surface area contributed by atoms with Crippen LogP contribution < -0.4 is 0 Å². The summed E-state index contributed by atoms with van der Waals surface area (Å²) in [6, 6.07) is 3.55. The summed E-state index contributed by atoms with van der Waals surface area (Å²) in [6.07, 6.45) is 2.95. The molecule has 0 radical (unpaired) electrons. The molecule has 0 saturated heterocycles. The number of sulfone groups is 1. The Bertz CT molecular complexity index is 614. The summed E-state index contributed by atoms with van der Waals surface area (Å²) in [5.41, 5.74) is 2.68. The Kier molecular flexibility index (Phi) is 2.20. The number of aryl methyl sites for hydroxylation is 2. The van der Waals surface area contributed by atoms with Gasteiger partial charge in [0.2, 0.25) is 0 Å². The van der Waals surface area contributed by atoms with Crippen molar-refractivity contribution in [2.75, 3.05) is 5.75 Å². The van der Waals surface area contributed by atoms with Crippen LogP contribution in [0.2, 0.25) is 0 Å². The van der Waals surface area contributed by atoms with E-state index in [1.54, 1.807) is 13.0 Å². The van der Waals surface area contributed by atoms with E-state index in [1.807, 2.05) is 6.07 Å². The Labute approximate surface area is 101 Å². The second kappa shape index (κ2) is 3.42. The molecular formula is C13H14O3S. The SMILES string of the molecule is CC1CS(=O)(=O)c2cc3c(cc2C1=O)CCC3. The van der Waals surface area contributed by atoms with Crippen LogP contribution in [0, 0.1) is 5.92 Å². The van der Waals surface area contributed by atoms with E-state index in [4.69, 9.17) is 0 Å². The number of carbonyl (C=O) groups is 1. The summed E-state index contributed by atoms with van der Waals surface area (Å²) in [4.78, 5) is 12.3. The number of fused-ring (bicyclic) bond motifs is 2. The van der Waals surface area contributed by atoms with Crippen LogP contribution in [-0.4, -0.2) is 20.0 Å². The molecule has 1 atom stereocenters. The standard InChI is InChI=1S/C13H14O3S/c1-8-7-17(15,16)12-6-10-4-2-3-9(10)5-11(12)13(8)14/h5-6,8H,2-4,7H2,1H3. The molecule has 0 amide bonds. The van der Waals surface area contributed by atoms with Crippen molar-refractivity contribution < 1.29 is 13.2 Å². The molecule has 0 N–H and O–H groups in total. The summed E-state index contributed by atoms with van der Waals surface area (Å²) < 4.78 is 24.2. The number of carbonyl (C=O) groups excluding carboxylic acids is 1. The van der Waals surface area contributed by atoms with Gasteiger partial charge in [0.1, 0.15) is 0 Å². The summed E-state index contributed by atoms with van der Waals surface area (Å²) >= 11 is 0. The van der Waals surface area contributed by atoms with Crippen LogP contribution in [0.5, 0.6) is 0 Å². The molecule has 1 unspecified atom stereocenters. The lowest BCUT2D eigenvalue weighted by Gasteiger charge is -2.21. The van der Waals surface area contributed by atoms with E-state index in [0.717, 1.165) is 30.4 Å². The first-order chi connectivity index (χ1) is 7.99. The van der Waals surface area contributed by atoms with E-state index >= 15 is 0 Å². The van der Waals surface area contributed by atoms with Gasteiger partial charge in [0.15, 0.2) is 15.6 Å². The summed E-state index contributed by atoms with van der Waals surface area (Å²) in [7, 11) is -3.27. The van der Waals surface area contributed by atoms with Crippen molar-refractivity contribution in [2.24, 2.45) is 5.92 Å². The molecule has 3 nitrogen and oxygen atoms in total. The van der Waals surface area contributed by atoms with Gasteiger partial charge in [0.05, 0.1) is 10.6 Å². The molecule has 0 bridgehead atoms. The van der Waals surface area contributed by atoms with Gasteiger partial charge in [-0.2, -0.15) is 0 Å². The molecule has 1 aromatic rings. The minimum Gasteiger partial charge on any atom is -0.294 e. The van der Waals surface area contributed by atoms with Gasteiger partial charge < -0.3 is 0 Å². The zero-order valence-electron chi connectivity index (χ0n) is 9.69. The van der Waals surface area contributed by atoms with Gasteiger partial charge >= 0.3 is 0 Å². The topological polar surface area (TPSA) is 51.2 Å². The monoisotopic (exact) mass is 250 g/mol. The normalized spacial score (nSPS) is 25.5. The van der Waals surface area contributed by atoms with Crippen molar-refractivity contribution in [1.82, 2.24) is 0 Å². The van der Waals surface area contributed by atoms with Gasteiger partial charge in [0, 0.05) is 11.5 Å². The first-order valence-corrected chi connectivity index (χ1v) is 7.57. The highest BCUT2D eigenvalue weighted by Crippen LogP contribution is 2.33. The molecule has 1 aliphatic heterocycles. The van der Waals surface area contributed by atoms with Crippen molar-refractivity contribution in [3.05, 3.63) is 28.8 Å². The molecule has 3 rings (SSSR count). The Hall–Kier alpha value is -1.16. The highest BCUT2D eigenvalue weighted by Gasteiger charge is 2.35. The van der Waals surface area contributed by atoms with E-state index in [1.165, 1.54) is 0 Å². The molecule has 17 heavy (non-hydrogen) atoms. The molecule has 90 valence electrons. The number of hydrogen-bond acceptors (Lipinski definition) is 3. The van der Waals surface area contributed by atoms with Gasteiger partial charge in [-0.25, -0.2) is 8.42 Å². The molecule has 0 aromatic heterocycles. The van der Waals surface area contributed by atoms with E-state index in [-0.39, 0.29) is 16.4 Å². The minimum atomic E-state index is -3.27. The fourth-order valence-electron chi connectivity index (χ4n) is 2.81. The van der Waals surface area contributed by atoms with Crippen LogP contribution in [0.25, 0.3) is 0 Å². The second-order valence-electron chi connectivity index (χ2n) is 5.02. The maximum atomic E-state index is 12.1. The average Bonchev–Trinajstić information content (AvgIpc) is 2.71. The minimum absolute atomic E-state index is 0.0236. The third-order valence-electron chi connectivity index (χ3n) is 3.71. The maximum absolute atomic E-state index is 12.1. The predicted octanol–water partition coefficient (Wildman–Crippen LogP) is 1.78. The van der Waals surface area contributed by atoms with Crippen LogP contribution in [0.4, 0.5) is 0 Å². The molecule has 0 saturated carbocycles. The number of Topliss-reactive ketones (excluding diaryl/α,β-unsaturated/α-hetero) is 1. The smallest absolute Gasteiger partial charge is 0.179 e. The molecule has 0 spiro atoms. The molecular weight excluding hydrogens is 236 g/mol. The van der Waals surface area contributed by atoms with Crippen molar-refractivity contribution >= 4 is 15.6 Å². The van der Waals surface area contributed by atoms with Gasteiger partial charge in [0.25, 0.3) is 0 Å². The number of hydrogen-bond donors (Lipinski definition) is 0. The van der Waals surface area contributed by atoms with Crippen molar-refractivity contribution in [3.8, 4) is 0 Å². The van der Waals surface area contributed by atoms with Crippen molar-refractivity contribution in [1.29, 1.82) is 0 Å². The van der Waals surface area contributed by atoms with Crippen LogP contribution in [0.1, 0.15) is 34.8 Å². The lowest BCUT2D eigenvalue weighted by Crippen LogP contribution is -2.29. The van der Waals surface area contributed by atoms with Crippen LogP contribution >= 0.6 is 0 Å². The highest BCUT2D eigenvalue weighted by molar-refractivity contribution is 7.91. The van der Waals surface area contributed by atoms with Crippen molar-refractivity contribution in [3.63, 3.8) is 0 Å². The first-order valence-electron chi connectivity index (χ1n) is 5.92. The molecule has 0 fully saturated rings. The molecule has 1 aliphatic carbocycles. The lowest BCUT2D eigenvalue weighted by atomic mass is 9.97. The number of benzene rings is 1.